The standard InChI is InChI=1S/C23H25Cl3N4O/c1-2-18-21(23(31)28-29-12-4-3-5-13-29)27-30(20-11-10-17(25)14-19(20)26)22(18)15-6-8-16(24)9-7-15/h6-11,14,18,22H,2-5,12-13H2,1H3,(H,28,31). The van der Waals surface area contributed by atoms with Crippen LogP contribution in [0.25, 0.3) is 0 Å². The van der Waals surface area contributed by atoms with E-state index in [0.717, 1.165) is 37.9 Å². The van der Waals surface area contributed by atoms with Crippen LogP contribution in [-0.4, -0.2) is 29.7 Å². The highest BCUT2D eigenvalue weighted by Gasteiger charge is 2.42. The molecule has 1 fully saturated rings. The van der Waals surface area contributed by atoms with Crippen molar-refractivity contribution < 1.29 is 4.79 Å². The molecule has 4 rings (SSSR count). The monoisotopic (exact) mass is 478 g/mol. The SMILES string of the molecule is CCC1C(C(=O)NN2CCCCC2)=NN(c2ccc(Cl)cc2Cl)C1c1ccc(Cl)cc1. The predicted molar refractivity (Wildman–Crippen MR) is 128 cm³/mol. The van der Waals surface area contributed by atoms with E-state index in [1.807, 2.05) is 40.3 Å². The molecular weight excluding hydrogens is 455 g/mol. The van der Waals surface area contributed by atoms with E-state index < -0.39 is 0 Å². The average molecular weight is 480 g/mol. The van der Waals surface area contributed by atoms with Crippen LogP contribution in [0.2, 0.25) is 15.1 Å². The first-order chi connectivity index (χ1) is 15.0. The first-order valence-electron chi connectivity index (χ1n) is 10.6. The van der Waals surface area contributed by atoms with Crippen LogP contribution in [0.15, 0.2) is 47.6 Å². The molecule has 5 nitrogen and oxygen atoms in total. The second-order valence-electron chi connectivity index (χ2n) is 7.93. The van der Waals surface area contributed by atoms with Crippen LogP contribution in [0.3, 0.4) is 0 Å². The molecule has 0 radical (unpaired) electrons. The number of rotatable bonds is 5. The lowest BCUT2D eigenvalue weighted by Crippen LogP contribution is -2.48. The van der Waals surface area contributed by atoms with Crippen molar-refractivity contribution in [1.29, 1.82) is 0 Å². The summed E-state index contributed by atoms with van der Waals surface area (Å²) in [6.07, 6.45) is 4.13. The van der Waals surface area contributed by atoms with Gasteiger partial charge in [0, 0.05) is 29.1 Å². The van der Waals surface area contributed by atoms with E-state index in [-0.39, 0.29) is 17.9 Å². The van der Waals surface area contributed by atoms with Gasteiger partial charge < -0.3 is 0 Å². The molecule has 0 bridgehead atoms. The summed E-state index contributed by atoms with van der Waals surface area (Å²) in [5.41, 5.74) is 5.31. The number of nitrogens with zero attached hydrogens (tertiary/aromatic N) is 3. The minimum atomic E-state index is -0.178. The largest absolute Gasteiger partial charge is 0.284 e. The molecule has 1 saturated heterocycles. The zero-order chi connectivity index (χ0) is 22.0. The Morgan fingerprint density at radius 1 is 1.03 bits per heavy atom. The number of carbonyl (C=O) groups excluding carboxylic acids is 1. The molecule has 0 aliphatic carbocycles. The predicted octanol–water partition coefficient (Wildman–Crippen LogP) is 6.11. The van der Waals surface area contributed by atoms with E-state index in [9.17, 15) is 4.79 Å². The molecule has 2 unspecified atom stereocenters. The number of carbonyl (C=O) groups is 1. The van der Waals surface area contributed by atoms with Crippen LogP contribution in [0.4, 0.5) is 5.69 Å². The Kier molecular flexibility index (Phi) is 7.07. The van der Waals surface area contributed by atoms with E-state index in [1.54, 1.807) is 12.1 Å². The quantitative estimate of drug-likeness (QED) is 0.563. The van der Waals surface area contributed by atoms with Crippen LogP contribution in [0.1, 0.15) is 44.2 Å². The van der Waals surface area contributed by atoms with E-state index in [0.29, 0.717) is 26.5 Å². The summed E-state index contributed by atoms with van der Waals surface area (Å²) in [6, 6.07) is 12.8. The number of hydrogen-bond acceptors (Lipinski definition) is 4. The highest BCUT2D eigenvalue weighted by atomic mass is 35.5. The fourth-order valence-corrected chi connectivity index (χ4v) is 4.93. The molecule has 164 valence electrons. The molecule has 2 aliphatic rings. The zero-order valence-corrected chi connectivity index (χ0v) is 19.6. The summed E-state index contributed by atoms with van der Waals surface area (Å²) in [5.74, 6) is -0.252. The van der Waals surface area contributed by atoms with Gasteiger partial charge >= 0.3 is 0 Å². The van der Waals surface area contributed by atoms with Gasteiger partial charge in [0.15, 0.2) is 0 Å². The van der Waals surface area contributed by atoms with Gasteiger partial charge in [-0.3, -0.25) is 15.2 Å². The molecule has 2 atom stereocenters. The van der Waals surface area contributed by atoms with Crippen molar-refractivity contribution in [3.8, 4) is 0 Å². The summed E-state index contributed by atoms with van der Waals surface area (Å²) in [5, 5.41) is 10.3. The van der Waals surface area contributed by atoms with Gasteiger partial charge in [0.2, 0.25) is 0 Å². The number of hydrazine groups is 1. The van der Waals surface area contributed by atoms with Gasteiger partial charge in [0.25, 0.3) is 5.91 Å². The van der Waals surface area contributed by atoms with Crippen LogP contribution < -0.4 is 10.4 Å². The van der Waals surface area contributed by atoms with Gasteiger partial charge in [0.1, 0.15) is 5.71 Å². The van der Waals surface area contributed by atoms with Crippen molar-refractivity contribution in [2.45, 2.75) is 38.6 Å². The molecule has 1 amide bonds. The average Bonchev–Trinajstić information content (AvgIpc) is 3.14. The number of piperidine rings is 1. The maximum Gasteiger partial charge on any atom is 0.282 e. The van der Waals surface area contributed by atoms with E-state index >= 15 is 0 Å². The van der Waals surface area contributed by atoms with E-state index in [2.05, 4.69) is 12.3 Å². The van der Waals surface area contributed by atoms with Gasteiger partial charge in [-0.25, -0.2) is 5.01 Å². The number of hydrazone groups is 1. The molecule has 1 N–H and O–H groups in total. The van der Waals surface area contributed by atoms with Gasteiger partial charge in [-0.2, -0.15) is 5.10 Å². The third kappa shape index (κ3) is 4.85. The first-order valence-corrected chi connectivity index (χ1v) is 11.8. The molecule has 8 heteroatoms. The van der Waals surface area contributed by atoms with Crippen LogP contribution >= 0.6 is 34.8 Å². The van der Waals surface area contributed by atoms with Gasteiger partial charge in [0.05, 0.1) is 16.8 Å². The smallest absolute Gasteiger partial charge is 0.282 e. The third-order valence-electron chi connectivity index (χ3n) is 5.87. The molecule has 31 heavy (non-hydrogen) atoms. The Morgan fingerprint density at radius 2 is 1.71 bits per heavy atom. The minimum Gasteiger partial charge on any atom is -0.284 e. The summed E-state index contributed by atoms with van der Waals surface area (Å²) in [7, 11) is 0. The van der Waals surface area contributed by atoms with Crippen molar-refractivity contribution in [1.82, 2.24) is 10.4 Å². The molecule has 2 aromatic carbocycles. The number of anilines is 1. The molecular formula is C23H25Cl3N4O. The molecule has 0 aromatic heterocycles. The van der Waals surface area contributed by atoms with Crippen LogP contribution in [0, 0.1) is 5.92 Å². The zero-order valence-electron chi connectivity index (χ0n) is 17.3. The van der Waals surface area contributed by atoms with Crippen molar-refractivity contribution in [2.24, 2.45) is 11.0 Å². The summed E-state index contributed by atoms with van der Waals surface area (Å²) in [4.78, 5) is 13.2. The molecule has 0 spiro atoms. The Morgan fingerprint density at radius 3 is 2.35 bits per heavy atom. The number of benzene rings is 2. The minimum absolute atomic E-state index is 0.0993. The lowest BCUT2D eigenvalue weighted by atomic mass is 9.87. The maximum atomic E-state index is 13.2. The summed E-state index contributed by atoms with van der Waals surface area (Å²) in [6.45, 7) is 3.80. The topological polar surface area (TPSA) is 47.9 Å². The van der Waals surface area contributed by atoms with Gasteiger partial charge in [-0.15, -0.1) is 0 Å². The highest BCUT2D eigenvalue weighted by Crippen LogP contribution is 2.43. The molecule has 0 saturated carbocycles. The van der Waals surface area contributed by atoms with Gasteiger partial charge in [-0.1, -0.05) is 60.3 Å². The number of amides is 1. The van der Waals surface area contributed by atoms with Crippen LogP contribution in [0.5, 0.6) is 0 Å². The fourth-order valence-electron chi connectivity index (χ4n) is 4.31. The first kappa shape index (κ1) is 22.4. The van der Waals surface area contributed by atoms with Crippen molar-refractivity contribution in [3.05, 3.63) is 63.1 Å². The Bertz CT molecular complexity index is 973. The second kappa shape index (κ2) is 9.78. The molecule has 2 aromatic rings. The summed E-state index contributed by atoms with van der Waals surface area (Å²) < 4.78 is 0. The lowest BCUT2D eigenvalue weighted by molar-refractivity contribution is -0.120. The molecule has 2 aliphatic heterocycles. The maximum absolute atomic E-state index is 13.2. The number of hydrogen-bond donors (Lipinski definition) is 1. The number of halogens is 3. The second-order valence-corrected chi connectivity index (χ2v) is 9.21. The van der Waals surface area contributed by atoms with Crippen LogP contribution in [-0.2, 0) is 4.79 Å². The van der Waals surface area contributed by atoms with E-state index in [4.69, 9.17) is 39.9 Å². The molecule has 2 heterocycles. The number of nitrogens with one attached hydrogen (secondary N) is 1. The van der Waals surface area contributed by atoms with Crippen molar-refractivity contribution in [2.75, 3.05) is 18.1 Å². The fraction of sp³-hybridized carbons (Fsp3) is 0.391. The van der Waals surface area contributed by atoms with E-state index in [1.165, 1.54) is 6.42 Å². The Hall–Kier alpha value is -1.79. The van der Waals surface area contributed by atoms with Crippen molar-refractivity contribution in [3.63, 3.8) is 0 Å². The highest BCUT2D eigenvalue weighted by molar-refractivity contribution is 6.41. The normalized spacial score (nSPS) is 21.8. The van der Waals surface area contributed by atoms with Crippen molar-refractivity contribution >= 4 is 52.1 Å². The lowest BCUT2D eigenvalue weighted by Gasteiger charge is -2.29. The Balaban J connectivity index is 1.71. The third-order valence-corrected chi connectivity index (χ3v) is 6.66. The summed E-state index contributed by atoms with van der Waals surface area (Å²) >= 11 is 18.8. The van der Waals surface area contributed by atoms with Gasteiger partial charge in [-0.05, 0) is 55.2 Å². The Labute approximate surface area is 197 Å².